The number of para-hydroxylation sites is 1. The van der Waals surface area contributed by atoms with E-state index in [1.54, 1.807) is 14.2 Å². The molecule has 0 aliphatic rings. The first-order valence-corrected chi connectivity index (χ1v) is 9.83. The van der Waals surface area contributed by atoms with Crippen molar-refractivity contribution < 1.29 is 17.9 Å². The van der Waals surface area contributed by atoms with Crippen LogP contribution in [-0.2, 0) is 9.84 Å². The lowest BCUT2D eigenvalue weighted by Crippen LogP contribution is -2.30. The molecule has 0 heterocycles. The van der Waals surface area contributed by atoms with Crippen LogP contribution in [0, 0.1) is 0 Å². The van der Waals surface area contributed by atoms with Crippen LogP contribution in [-0.4, -0.2) is 39.6 Å². The second-order valence-electron chi connectivity index (χ2n) is 5.75. The summed E-state index contributed by atoms with van der Waals surface area (Å²) in [7, 11) is -0.223. The Morgan fingerprint density at radius 2 is 1.84 bits per heavy atom. The number of amides is 1. The van der Waals surface area contributed by atoms with Crippen molar-refractivity contribution in [3.63, 3.8) is 0 Å². The van der Waals surface area contributed by atoms with E-state index in [0.29, 0.717) is 5.75 Å². The zero-order valence-electron chi connectivity index (χ0n) is 14.5. The number of rotatable bonds is 5. The Morgan fingerprint density at radius 3 is 2.44 bits per heavy atom. The Labute approximate surface area is 153 Å². The van der Waals surface area contributed by atoms with Crippen molar-refractivity contribution in [3.05, 3.63) is 58.6 Å². The lowest BCUT2D eigenvalue weighted by molar-refractivity contribution is 0.0741. The van der Waals surface area contributed by atoms with Crippen molar-refractivity contribution in [2.24, 2.45) is 0 Å². The number of carbonyl (C=O) groups is 1. The summed E-state index contributed by atoms with van der Waals surface area (Å²) in [4.78, 5) is 14.4. The first-order valence-electron chi connectivity index (χ1n) is 7.56. The number of hydrogen-bond donors (Lipinski definition) is 0. The molecule has 2 rings (SSSR count). The highest BCUT2D eigenvalue weighted by atomic mass is 35.5. The molecule has 2 aromatic carbocycles. The average Bonchev–Trinajstić information content (AvgIpc) is 2.59. The van der Waals surface area contributed by atoms with Crippen LogP contribution in [0.5, 0.6) is 5.75 Å². The van der Waals surface area contributed by atoms with Crippen LogP contribution in [0.4, 0.5) is 0 Å². The van der Waals surface area contributed by atoms with Crippen LogP contribution in [0.1, 0.15) is 28.9 Å². The molecule has 1 atom stereocenters. The maximum Gasteiger partial charge on any atom is 0.255 e. The van der Waals surface area contributed by atoms with Crippen molar-refractivity contribution >= 4 is 27.3 Å². The third kappa shape index (κ3) is 4.14. The minimum atomic E-state index is -3.43. The highest BCUT2D eigenvalue weighted by Crippen LogP contribution is 2.30. The van der Waals surface area contributed by atoms with Gasteiger partial charge in [0.2, 0.25) is 0 Å². The fraction of sp³-hybridized carbons (Fsp3) is 0.278. The Hall–Kier alpha value is -2.05. The number of nitrogens with zero attached hydrogens (tertiary/aromatic N) is 1. The van der Waals surface area contributed by atoms with Crippen molar-refractivity contribution in [1.29, 1.82) is 0 Å². The number of methoxy groups -OCH3 is 1. The minimum Gasteiger partial charge on any atom is -0.496 e. The molecule has 0 radical (unpaired) electrons. The molecule has 0 bridgehead atoms. The van der Waals surface area contributed by atoms with Crippen molar-refractivity contribution in [2.45, 2.75) is 17.9 Å². The van der Waals surface area contributed by atoms with E-state index in [1.165, 1.54) is 23.1 Å². The van der Waals surface area contributed by atoms with Gasteiger partial charge in [-0.25, -0.2) is 8.42 Å². The van der Waals surface area contributed by atoms with E-state index in [1.807, 2.05) is 31.2 Å². The number of carbonyl (C=O) groups excluding carboxylic acids is 1. The molecule has 0 aliphatic heterocycles. The second kappa shape index (κ2) is 7.45. The molecule has 0 saturated carbocycles. The van der Waals surface area contributed by atoms with Gasteiger partial charge in [0.1, 0.15) is 5.75 Å². The van der Waals surface area contributed by atoms with Gasteiger partial charge < -0.3 is 9.64 Å². The monoisotopic (exact) mass is 381 g/mol. The summed E-state index contributed by atoms with van der Waals surface area (Å²) in [6.45, 7) is 1.87. The number of benzene rings is 2. The van der Waals surface area contributed by atoms with Gasteiger partial charge in [-0.3, -0.25) is 4.79 Å². The van der Waals surface area contributed by atoms with Crippen LogP contribution in [0.3, 0.4) is 0 Å². The number of ether oxygens (including phenoxy) is 1. The Morgan fingerprint density at radius 1 is 1.20 bits per heavy atom. The summed E-state index contributed by atoms with van der Waals surface area (Å²) < 4.78 is 28.8. The standard InChI is InChI=1S/C18H20ClNO4S/c1-12(14-7-5-6-8-17(14)24-3)20(2)18(21)15-11-13(25(4,22)23)9-10-16(15)19/h5-12H,1-4H3. The van der Waals surface area contributed by atoms with Crippen LogP contribution in [0.2, 0.25) is 5.02 Å². The Kier molecular flexibility index (Phi) is 5.75. The lowest BCUT2D eigenvalue weighted by Gasteiger charge is -2.27. The summed E-state index contributed by atoms with van der Waals surface area (Å²) in [6.07, 6.45) is 1.09. The van der Waals surface area contributed by atoms with Crippen LogP contribution in [0.15, 0.2) is 47.4 Å². The molecule has 0 spiro atoms. The van der Waals surface area contributed by atoms with E-state index in [-0.39, 0.29) is 27.4 Å². The maximum absolute atomic E-state index is 12.9. The van der Waals surface area contributed by atoms with E-state index in [9.17, 15) is 13.2 Å². The molecule has 1 unspecified atom stereocenters. The lowest BCUT2D eigenvalue weighted by atomic mass is 10.0. The molecule has 0 aromatic heterocycles. The van der Waals surface area contributed by atoms with Gasteiger partial charge in [-0.1, -0.05) is 29.8 Å². The van der Waals surface area contributed by atoms with Gasteiger partial charge in [0.15, 0.2) is 9.84 Å². The fourth-order valence-electron chi connectivity index (χ4n) is 2.48. The maximum atomic E-state index is 12.9. The van der Waals surface area contributed by atoms with Gasteiger partial charge in [0, 0.05) is 18.9 Å². The Balaban J connectivity index is 2.40. The number of halogens is 1. The summed E-state index contributed by atoms with van der Waals surface area (Å²) in [5, 5.41) is 0.205. The largest absolute Gasteiger partial charge is 0.496 e. The molecular formula is C18H20ClNO4S. The van der Waals surface area contributed by atoms with Crippen LogP contribution < -0.4 is 4.74 Å². The van der Waals surface area contributed by atoms with Gasteiger partial charge in [0.05, 0.1) is 28.6 Å². The van der Waals surface area contributed by atoms with E-state index < -0.39 is 9.84 Å². The molecule has 2 aromatic rings. The molecular weight excluding hydrogens is 362 g/mol. The zero-order valence-corrected chi connectivity index (χ0v) is 16.1. The van der Waals surface area contributed by atoms with Crippen molar-refractivity contribution in [2.75, 3.05) is 20.4 Å². The quantitative estimate of drug-likeness (QED) is 0.794. The Bertz CT molecular complexity index is 896. The smallest absolute Gasteiger partial charge is 0.255 e. The van der Waals surface area contributed by atoms with Gasteiger partial charge in [-0.05, 0) is 31.2 Å². The van der Waals surface area contributed by atoms with Crippen LogP contribution in [0.25, 0.3) is 0 Å². The summed E-state index contributed by atoms with van der Waals surface area (Å²) in [6, 6.07) is 11.2. The molecule has 0 N–H and O–H groups in total. The zero-order chi connectivity index (χ0) is 18.8. The third-order valence-electron chi connectivity index (χ3n) is 4.09. The van der Waals surface area contributed by atoms with E-state index >= 15 is 0 Å². The van der Waals surface area contributed by atoms with E-state index in [0.717, 1.165) is 11.8 Å². The van der Waals surface area contributed by atoms with Gasteiger partial charge in [-0.15, -0.1) is 0 Å². The highest BCUT2D eigenvalue weighted by Gasteiger charge is 2.24. The first-order chi connectivity index (χ1) is 11.7. The summed E-state index contributed by atoms with van der Waals surface area (Å²) >= 11 is 6.13. The number of hydrogen-bond acceptors (Lipinski definition) is 4. The highest BCUT2D eigenvalue weighted by molar-refractivity contribution is 7.90. The van der Waals surface area contributed by atoms with E-state index in [2.05, 4.69) is 0 Å². The molecule has 134 valence electrons. The molecule has 0 aliphatic carbocycles. The van der Waals surface area contributed by atoms with Gasteiger partial charge in [0.25, 0.3) is 5.91 Å². The van der Waals surface area contributed by atoms with Gasteiger partial charge >= 0.3 is 0 Å². The predicted molar refractivity (Wildman–Crippen MR) is 98.1 cm³/mol. The van der Waals surface area contributed by atoms with Crippen molar-refractivity contribution in [3.8, 4) is 5.75 Å². The SMILES string of the molecule is COc1ccccc1C(C)N(C)C(=O)c1cc(S(C)(=O)=O)ccc1Cl. The summed E-state index contributed by atoms with van der Waals surface area (Å²) in [5.41, 5.74) is 0.991. The predicted octanol–water partition coefficient (Wildman–Crippen LogP) is 3.59. The third-order valence-corrected chi connectivity index (χ3v) is 5.53. The molecule has 25 heavy (non-hydrogen) atoms. The van der Waals surface area contributed by atoms with Gasteiger partial charge in [-0.2, -0.15) is 0 Å². The second-order valence-corrected chi connectivity index (χ2v) is 8.17. The van der Waals surface area contributed by atoms with Crippen molar-refractivity contribution in [1.82, 2.24) is 4.90 Å². The molecule has 5 nitrogen and oxygen atoms in total. The summed E-state index contributed by atoms with van der Waals surface area (Å²) in [5.74, 6) is 0.305. The van der Waals surface area contributed by atoms with E-state index in [4.69, 9.17) is 16.3 Å². The normalized spacial score (nSPS) is 12.5. The molecule has 1 amide bonds. The minimum absolute atomic E-state index is 0.0543. The molecule has 0 saturated heterocycles. The van der Waals surface area contributed by atoms with Crippen LogP contribution >= 0.6 is 11.6 Å². The number of sulfone groups is 1. The fourth-order valence-corrected chi connectivity index (χ4v) is 3.33. The molecule has 7 heteroatoms. The first kappa shape index (κ1) is 19.3. The average molecular weight is 382 g/mol. The molecule has 0 fully saturated rings. The topological polar surface area (TPSA) is 63.7 Å².